The van der Waals surface area contributed by atoms with Crippen molar-refractivity contribution in [1.29, 1.82) is 0 Å². The Hall–Kier alpha value is -1.79. The maximum Gasteiger partial charge on any atom is 0.322 e. The summed E-state index contributed by atoms with van der Waals surface area (Å²) >= 11 is 0. The molecule has 3 rings (SSSR count). The van der Waals surface area contributed by atoms with Gasteiger partial charge in [0.15, 0.2) is 0 Å². The lowest BCUT2D eigenvalue weighted by molar-refractivity contribution is 0.0571. The molecule has 2 fully saturated rings. The summed E-state index contributed by atoms with van der Waals surface area (Å²) in [6.45, 7) is 9.71. The van der Waals surface area contributed by atoms with Crippen LogP contribution in [-0.4, -0.2) is 67.9 Å². The lowest BCUT2D eigenvalue weighted by Gasteiger charge is -2.35. The highest BCUT2D eigenvalue weighted by Crippen LogP contribution is 2.26. The van der Waals surface area contributed by atoms with Crippen LogP contribution in [0.1, 0.15) is 25.3 Å². The predicted molar refractivity (Wildman–Crippen MR) is 98.4 cm³/mol. The number of ether oxygens (including phenoxy) is 2. The van der Waals surface area contributed by atoms with Crippen LogP contribution in [0.25, 0.3) is 0 Å². The lowest BCUT2D eigenvalue weighted by atomic mass is 10.2. The van der Waals surface area contributed by atoms with Crippen LogP contribution < -0.4 is 10.1 Å². The van der Waals surface area contributed by atoms with Gasteiger partial charge >= 0.3 is 6.03 Å². The zero-order chi connectivity index (χ0) is 17.6. The zero-order valence-corrected chi connectivity index (χ0v) is 15.3. The molecular formula is C19H29N3O3. The number of carbonyl (C=O) groups is 1. The van der Waals surface area contributed by atoms with E-state index in [9.17, 15) is 4.79 Å². The molecule has 2 amide bonds. The molecule has 1 N–H and O–H groups in total. The van der Waals surface area contributed by atoms with Crippen LogP contribution in [0.3, 0.4) is 0 Å². The Morgan fingerprint density at radius 1 is 1.32 bits per heavy atom. The Balaban J connectivity index is 1.51. The molecule has 1 aromatic rings. The first-order valence-electron chi connectivity index (χ1n) is 9.29. The molecular weight excluding hydrogens is 318 g/mol. The van der Waals surface area contributed by atoms with Crippen LogP contribution in [0.2, 0.25) is 0 Å². The van der Waals surface area contributed by atoms with Gasteiger partial charge in [-0.1, -0.05) is 6.07 Å². The molecule has 6 heteroatoms. The summed E-state index contributed by atoms with van der Waals surface area (Å²) in [5.74, 6) is 0.730. The second-order valence-electron chi connectivity index (χ2n) is 6.79. The van der Waals surface area contributed by atoms with Gasteiger partial charge in [0, 0.05) is 39.3 Å². The Morgan fingerprint density at radius 2 is 2.12 bits per heavy atom. The smallest absolute Gasteiger partial charge is 0.322 e. The van der Waals surface area contributed by atoms with Gasteiger partial charge in [0.25, 0.3) is 0 Å². The van der Waals surface area contributed by atoms with Crippen molar-refractivity contribution in [2.24, 2.45) is 0 Å². The molecule has 1 aromatic carbocycles. The molecule has 0 unspecified atom stereocenters. The maximum absolute atomic E-state index is 12.6. The summed E-state index contributed by atoms with van der Waals surface area (Å²) in [6.07, 6.45) is 2.71. The number of nitrogens with zero attached hydrogens (tertiary/aromatic N) is 2. The normalized spacial score (nSPS) is 21.4. The van der Waals surface area contributed by atoms with E-state index in [1.807, 2.05) is 36.9 Å². The third-order valence-electron chi connectivity index (χ3n) is 4.82. The number of rotatable bonds is 5. The molecule has 2 saturated heterocycles. The number of hydrogen-bond donors (Lipinski definition) is 1. The summed E-state index contributed by atoms with van der Waals surface area (Å²) in [5, 5.41) is 3.00. The van der Waals surface area contributed by atoms with Crippen molar-refractivity contribution in [2.75, 3.05) is 51.3 Å². The quantitative estimate of drug-likeness (QED) is 0.890. The van der Waals surface area contributed by atoms with E-state index in [0.717, 1.165) is 62.8 Å². The van der Waals surface area contributed by atoms with Crippen molar-refractivity contribution in [2.45, 2.75) is 32.8 Å². The van der Waals surface area contributed by atoms with E-state index in [2.05, 4.69) is 10.2 Å². The van der Waals surface area contributed by atoms with Gasteiger partial charge in [-0.05, 0) is 44.4 Å². The van der Waals surface area contributed by atoms with E-state index >= 15 is 0 Å². The minimum Gasteiger partial charge on any atom is -0.492 e. The van der Waals surface area contributed by atoms with Crippen LogP contribution in [-0.2, 0) is 4.74 Å². The number of nitrogens with one attached hydrogen (secondary N) is 1. The minimum absolute atomic E-state index is 0.0541. The van der Waals surface area contributed by atoms with E-state index in [0.29, 0.717) is 12.7 Å². The van der Waals surface area contributed by atoms with Crippen LogP contribution in [0.5, 0.6) is 5.75 Å². The van der Waals surface area contributed by atoms with E-state index in [-0.39, 0.29) is 6.03 Å². The standard InChI is InChI=1S/C19H29N3O3/c1-3-24-18-13-15(2)6-7-17(18)20-19(23)22-10-8-21(9-11-22)14-16-5-4-12-25-16/h6-7,13,16H,3-5,8-12,14H2,1-2H3,(H,20,23)/t16-/m1/s1. The molecule has 0 aliphatic carbocycles. The first-order chi connectivity index (χ1) is 12.2. The minimum atomic E-state index is -0.0541. The summed E-state index contributed by atoms with van der Waals surface area (Å²) in [5.41, 5.74) is 1.85. The summed E-state index contributed by atoms with van der Waals surface area (Å²) in [7, 11) is 0. The van der Waals surface area contributed by atoms with Crippen LogP contribution in [0.4, 0.5) is 10.5 Å². The van der Waals surface area contributed by atoms with E-state index < -0.39 is 0 Å². The number of anilines is 1. The highest BCUT2D eigenvalue weighted by atomic mass is 16.5. The summed E-state index contributed by atoms with van der Waals surface area (Å²) in [6, 6.07) is 5.80. The second-order valence-corrected chi connectivity index (χ2v) is 6.79. The summed E-state index contributed by atoms with van der Waals surface area (Å²) < 4.78 is 11.3. The van der Waals surface area contributed by atoms with Crippen LogP contribution in [0, 0.1) is 6.92 Å². The highest BCUT2D eigenvalue weighted by Gasteiger charge is 2.25. The number of amides is 2. The summed E-state index contributed by atoms with van der Waals surface area (Å²) in [4.78, 5) is 16.9. The molecule has 2 aliphatic heterocycles. The molecule has 1 atom stereocenters. The Morgan fingerprint density at radius 3 is 2.80 bits per heavy atom. The number of benzene rings is 1. The van der Waals surface area contributed by atoms with Gasteiger partial charge in [0.05, 0.1) is 18.4 Å². The molecule has 25 heavy (non-hydrogen) atoms. The zero-order valence-electron chi connectivity index (χ0n) is 15.3. The largest absolute Gasteiger partial charge is 0.492 e. The highest BCUT2D eigenvalue weighted by molar-refractivity contribution is 5.91. The molecule has 0 aromatic heterocycles. The van der Waals surface area contributed by atoms with Gasteiger partial charge < -0.3 is 19.7 Å². The fourth-order valence-corrected chi connectivity index (χ4v) is 3.41. The van der Waals surface area contributed by atoms with Crippen molar-refractivity contribution in [3.05, 3.63) is 23.8 Å². The third-order valence-corrected chi connectivity index (χ3v) is 4.82. The van der Waals surface area contributed by atoms with E-state index in [4.69, 9.17) is 9.47 Å². The predicted octanol–water partition coefficient (Wildman–Crippen LogP) is 2.72. The van der Waals surface area contributed by atoms with E-state index in [1.54, 1.807) is 0 Å². The number of hydrogen-bond acceptors (Lipinski definition) is 4. The lowest BCUT2D eigenvalue weighted by Crippen LogP contribution is -2.51. The fraction of sp³-hybridized carbons (Fsp3) is 0.632. The molecule has 0 radical (unpaired) electrons. The average molecular weight is 347 g/mol. The van der Waals surface area contributed by atoms with Gasteiger partial charge in [-0.3, -0.25) is 4.90 Å². The van der Waals surface area contributed by atoms with Crippen molar-refractivity contribution in [1.82, 2.24) is 9.80 Å². The molecule has 0 saturated carbocycles. The Labute approximate surface area is 150 Å². The van der Waals surface area contributed by atoms with Crippen molar-refractivity contribution < 1.29 is 14.3 Å². The molecule has 6 nitrogen and oxygen atoms in total. The number of urea groups is 1. The van der Waals surface area contributed by atoms with Crippen LogP contribution >= 0.6 is 0 Å². The topological polar surface area (TPSA) is 54.0 Å². The van der Waals surface area contributed by atoms with Gasteiger partial charge in [-0.15, -0.1) is 0 Å². The second kappa shape index (κ2) is 8.54. The van der Waals surface area contributed by atoms with Gasteiger partial charge in [0.2, 0.25) is 0 Å². The number of piperazine rings is 1. The Kier molecular flexibility index (Phi) is 6.15. The average Bonchev–Trinajstić information content (AvgIpc) is 3.11. The maximum atomic E-state index is 12.6. The van der Waals surface area contributed by atoms with Gasteiger partial charge in [-0.2, -0.15) is 0 Å². The fourth-order valence-electron chi connectivity index (χ4n) is 3.41. The molecule has 2 aliphatic rings. The van der Waals surface area contributed by atoms with Crippen molar-refractivity contribution in [3.63, 3.8) is 0 Å². The van der Waals surface area contributed by atoms with Crippen molar-refractivity contribution >= 4 is 11.7 Å². The third kappa shape index (κ3) is 4.86. The van der Waals surface area contributed by atoms with Gasteiger partial charge in [0.1, 0.15) is 5.75 Å². The van der Waals surface area contributed by atoms with Crippen LogP contribution in [0.15, 0.2) is 18.2 Å². The number of aryl methyl sites for hydroxylation is 1. The Bertz CT molecular complexity index is 579. The van der Waals surface area contributed by atoms with Crippen molar-refractivity contribution in [3.8, 4) is 5.75 Å². The van der Waals surface area contributed by atoms with E-state index in [1.165, 1.54) is 6.42 Å². The molecule has 0 spiro atoms. The first-order valence-corrected chi connectivity index (χ1v) is 9.29. The molecule has 138 valence electrons. The van der Waals surface area contributed by atoms with Gasteiger partial charge in [-0.25, -0.2) is 4.79 Å². The first kappa shape index (κ1) is 18.0. The molecule has 0 bridgehead atoms. The molecule has 2 heterocycles. The SMILES string of the molecule is CCOc1cc(C)ccc1NC(=O)N1CCN(C[C@H]2CCCO2)CC1. The monoisotopic (exact) mass is 347 g/mol. The number of carbonyl (C=O) groups excluding carboxylic acids is 1.